The molecular weight excluding hydrogens is 456 g/mol. The fraction of sp³-hybridized carbons (Fsp3) is 0.333. The maximum atomic E-state index is 12.7. The topological polar surface area (TPSA) is 129 Å². The number of rotatable bonds is 6. The molecule has 32 heavy (non-hydrogen) atoms. The van der Waals surface area contributed by atoms with Gasteiger partial charge in [0.25, 0.3) is 5.91 Å². The number of amides is 1. The van der Waals surface area contributed by atoms with Gasteiger partial charge in [-0.05, 0) is 50.1 Å². The molecule has 2 heterocycles. The van der Waals surface area contributed by atoms with E-state index in [1.165, 1.54) is 47.9 Å². The summed E-state index contributed by atoms with van der Waals surface area (Å²) in [7, 11) is -3.67. The van der Waals surface area contributed by atoms with Crippen LogP contribution in [0.3, 0.4) is 0 Å². The lowest BCUT2D eigenvalue weighted by Crippen LogP contribution is -2.41. The van der Waals surface area contributed by atoms with Gasteiger partial charge in [-0.1, -0.05) is 11.6 Å². The van der Waals surface area contributed by atoms with Crippen LogP contribution in [0.1, 0.15) is 25.3 Å². The van der Waals surface area contributed by atoms with Crippen LogP contribution < -0.4 is 5.32 Å². The second-order valence-corrected chi connectivity index (χ2v) is 9.59. The molecule has 0 radical (unpaired) electrons. The van der Waals surface area contributed by atoms with E-state index in [0.29, 0.717) is 5.69 Å². The number of halogens is 1. The van der Waals surface area contributed by atoms with Crippen molar-refractivity contribution in [2.75, 3.05) is 18.4 Å². The molecule has 1 aromatic heterocycles. The molecule has 0 bridgehead atoms. The molecule has 3 rings (SSSR count). The minimum absolute atomic E-state index is 0.106. The largest absolute Gasteiger partial charge is 0.452 e. The van der Waals surface area contributed by atoms with E-state index in [4.69, 9.17) is 21.6 Å². The molecule has 1 aromatic carbocycles. The van der Waals surface area contributed by atoms with Crippen molar-refractivity contribution < 1.29 is 22.7 Å². The van der Waals surface area contributed by atoms with E-state index in [-0.39, 0.29) is 41.4 Å². The Balaban J connectivity index is 1.52. The number of hydrogen-bond donors (Lipinski definition) is 1. The maximum Gasteiger partial charge on any atom is 0.309 e. The Morgan fingerprint density at radius 2 is 2.03 bits per heavy atom. The number of sulfonamides is 1. The molecule has 1 aliphatic heterocycles. The molecule has 11 heteroatoms. The minimum Gasteiger partial charge on any atom is -0.452 e. The fourth-order valence-electron chi connectivity index (χ4n) is 3.23. The number of nitrogens with one attached hydrogen (secondary N) is 1. The van der Waals surface area contributed by atoms with Gasteiger partial charge in [0.2, 0.25) is 10.0 Å². The zero-order valence-corrected chi connectivity index (χ0v) is 18.8. The molecule has 1 saturated heterocycles. The predicted molar refractivity (Wildman–Crippen MR) is 116 cm³/mol. The van der Waals surface area contributed by atoms with E-state index in [2.05, 4.69) is 10.3 Å². The van der Waals surface area contributed by atoms with Gasteiger partial charge in [-0.3, -0.25) is 14.6 Å². The van der Waals surface area contributed by atoms with Crippen LogP contribution in [0.25, 0.3) is 0 Å². The third kappa shape index (κ3) is 5.43. The first-order valence-corrected chi connectivity index (χ1v) is 11.7. The summed E-state index contributed by atoms with van der Waals surface area (Å²) < 4.78 is 31.9. The van der Waals surface area contributed by atoms with Crippen molar-refractivity contribution in [2.45, 2.75) is 30.8 Å². The summed E-state index contributed by atoms with van der Waals surface area (Å²) in [5.74, 6) is -1.60. The summed E-state index contributed by atoms with van der Waals surface area (Å²) in [6.07, 6.45) is 2.30. The molecule has 1 fully saturated rings. The van der Waals surface area contributed by atoms with Gasteiger partial charge in [0.1, 0.15) is 11.0 Å². The van der Waals surface area contributed by atoms with E-state index in [0.717, 1.165) is 0 Å². The van der Waals surface area contributed by atoms with Crippen LogP contribution in [0.5, 0.6) is 0 Å². The van der Waals surface area contributed by atoms with Crippen LogP contribution in [-0.2, 0) is 24.3 Å². The first-order chi connectivity index (χ1) is 15.2. The Bertz CT molecular complexity index is 1140. The van der Waals surface area contributed by atoms with Gasteiger partial charge in [0.15, 0.2) is 6.10 Å². The molecule has 1 atom stereocenters. The lowest BCUT2D eigenvalue weighted by atomic mass is 9.98. The van der Waals surface area contributed by atoms with Crippen LogP contribution in [0, 0.1) is 17.2 Å². The zero-order valence-electron chi connectivity index (χ0n) is 17.2. The number of aromatic nitrogens is 1. The summed E-state index contributed by atoms with van der Waals surface area (Å²) in [6, 6.07) is 9.38. The molecule has 1 aliphatic rings. The van der Waals surface area contributed by atoms with Crippen molar-refractivity contribution in [3.05, 3.63) is 53.3 Å². The van der Waals surface area contributed by atoms with Crippen LogP contribution >= 0.6 is 11.6 Å². The van der Waals surface area contributed by atoms with E-state index in [1.54, 1.807) is 6.07 Å². The van der Waals surface area contributed by atoms with E-state index in [9.17, 15) is 18.0 Å². The van der Waals surface area contributed by atoms with E-state index >= 15 is 0 Å². The number of carbonyl (C=O) groups is 2. The number of hydrogen-bond acceptors (Lipinski definition) is 7. The van der Waals surface area contributed by atoms with Gasteiger partial charge in [-0.2, -0.15) is 9.57 Å². The van der Waals surface area contributed by atoms with Gasteiger partial charge in [-0.25, -0.2) is 8.42 Å². The Hall–Kier alpha value is -3.00. The highest BCUT2D eigenvalue weighted by Gasteiger charge is 2.34. The Kier molecular flexibility index (Phi) is 7.45. The van der Waals surface area contributed by atoms with Gasteiger partial charge in [-0.15, -0.1) is 0 Å². The van der Waals surface area contributed by atoms with Crippen molar-refractivity contribution >= 4 is 39.2 Å². The van der Waals surface area contributed by atoms with Crippen molar-refractivity contribution in [3.8, 4) is 6.07 Å². The lowest BCUT2D eigenvalue weighted by Gasteiger charge is -2.30. The Morgan fingerprint density at radius 3 is 2.62 bits per heavy atom. The number of nitrogens with zero attached hydrogens (tertiary/aromatic N) is 3. The third-order valence-corrected chi connectivity index (χ3v) is 7.27. The lowest BCUT2D eigenvalue weighted by molar-refractivity contribution is -0.158. The average Bonchev–Trinajstić information content (AvgIpc) is 2.79. The average molecular weight is 477 g/mol. The fourth-order valence-corrected chi connectivity index (χ4v) is 4.89. The SMILES string of the molecule is CC(OC(=O)C1CCN(S(=O)(=O)c2cccnc2)CC1)C(=O)Nc1ccc(C#N)c(Cl)c1. The van der Waals surface area contributed by atoms with Gasteiger partial charge in [0, 0.05) is 31.2 Å². The quantitative estimate of drug-likeness (QED) is 0.634. The third-order valence-electron chi connectivity index (χ3n) is 5.08. The van der Waals surface area contributed by atoms with E-state index < -0.39 is 33.9 Å². The van der Waals surface area contributed by atoms with E-state index in [1.807, 2.05) is 6.07 Å². The minimum atomic E-state index is -3.67. The van der Waals surface area contributed by atoms with Gasteiger partial charge in [0.05, 0.1) is 16.5 Å². The molecule has 2 aromatic rings. The number of pyridine rings is 1. The molecule has 0 saturated carbocycles. The molecule has 168 valence electrons. The number of esters is 1. The highest BCUT2D eigenvalue weighted by atomic mass is 35.5. The van der Waals surface area contributed by atoms with Crippen molar-refractivity contribution in [2.24, 2.45) is 5.92 Å². The Labute approximate surface area is 191 Å². The summed E-state index contributed by atoms with van der Waals surface area (Å²) in [4.78, 5) is 28.8. The van der Waals surface area contributed by atoms with Gasteiger partial charge < -0.3 is 10.1 Å². The molecule has 0 spiro atoms. The number of benzene rings is 1. The van der Waals surface area contributed by atoms with Crippen molar-refractivity contribution in [1.29, 1.82) is 5.26 Å². The summed E-state index contributed by atoms with van der Waals surface area (Å²) in [6.45, 7) is 1.78. The molecular formula is C21H21ClN4O5S. The number of carbonyl (C=O) groups excluding carboxylic acids is 2. The predicted octanol–water partition coefficient (Wildman–Crippen LogP) is 2.58. The number of piperidine rings is 1. The normalized spacial score (nSPS) is 16.0. The highest BCUT2D eigenvalue weighted by Crippen LogP contribution is 2.25. The number of ether oxygens (including phenoxy) is 1. The van der Waals surface area contributed by atoms with Crippen LogP contribution in [0.4, 0.5) is 5.69 Å². The molecule has 1 N–H and O–H groups in total. The van der Waals surface area contributed by atoms with Crippen LogP contribution in [-0.4, -0.2) is 48.8 Å². The Morgan fingerprint density at radius 1 is 1.31 bits per heavy atom. The maximum absolute atomic E-state index is 12.7. The second-order valence-electron chi connectivity index (χ2n) is 7.24. The molecule has 0 aliphatic carbocycles. The first-order valence-electron chi connectivity index (χ1n) is 9.83. The smallest absolute Gasteiger partial charge is 0.309 e. The molecule has 1 unspecified atom stereocenters. The summed E-state index contributed by atoms with van der Waals surface area (Å²) in [5.41, 5.74) is 0.650. The number of anilines is 1. The first kappa shape index (κ1) is 23.7. The molecule has 9 nitrogen and oxygen atoms in total. The van der Waals surface area contributed by atoms with Gasteiger partial charge >= 0.3 is 5.97 Å². The highest BCUT2D eigenvalue weighted by molar-refractivity contribution is 7.89. The second kappa shape index (κ2) is 10.1. The summed E-state index contributed by atoms with van der Waals surface area (Å²) >= 11 is 5.95. The monoisotopic (exact) mass is 476 g/mol. The van der Waals surface area contributed by atoms with Crippen LogP contribution in [0.15, 0.2) is 47.6 Å². The zero-order chi connectivity index (χ0) is 23.3. The van der Waals surface area contributed by atoms with Crippen molar-refractivity contribution in [1.82, 2.24) is 9.29 Å². The standard InChI is InChI=1S/C21H21ClN4O5S/c1-14(20(27)25-17-5-4-16(12-23)19(22)11-17)31-21(28)15-6-9-26(10-7-15)32(29,30)18-3-2-8-24-13-18/h2-5,8,11,13-15H,6-7,9-10H2,1H3,(H,25,27). The summed E-state index contributed by atoms with van der Waals surface area (Å²) in [5, 5.41) is 11.7. The number of nitriles is 1. The van der Waals surface area contributed by atoms with Crippen molar-refractivity contribution in [3.63, 3.8) is 0 Å². The van der Waals surface area contributed by atoms with Crippen LogP contribution in [0.2, 0.25) is 5.02 Å². The molecule has 1 amide bonds.